The van der Waals surface area contributed by atoms with E-state index in [1.807, 2.05) is 0 Å². The molecular formula is C13H18FN3O2. The molecule has 0 spiro atoms. The van der Waals surface area contributed by atoms with Crippen molar-refractivity contribution >= 4 is 11.6 Å². The summed E-state index contributed by atoms with van der Waals surface area (Å²) in [5.41, 5.74) is 2.56. The van der Waals surface area contributed by atoms with Crippen LogP contribution in [0.1, 0.15) is 23.2 Å². The molecule has 3 N–H and O–H groups in total. The summed E-state index contributed by atoms with van der Waals surface area (Å²) in [6.45, 7) is 1.22. The third-order valence-electron chi connectivity index (χ3n) is 3.45. The second-order valence-corrected chi connectivity index (χ2v) is 4.53. The maximum Gasteiger partial charge on any atom is 0.256 e. The number of ether oxygens (including phenoxy) is 1. The number of methoxy groups -OCH3 is 1. The Kier molecular flexibility index (Phi) is 4.34. The van der Waals surface area contributed by atoms with Crippen LogP contribution in [0.15, 0.2) is 18.2 Å². The Hall–Kier alpha value is -1.66. The Bertz CT molecular complexity index is 459. The zero-order chi connectivity index (χ0) is 13.8. The molecule has 0 aromatic heterocycles. The first-order valence-corrected chi connectivity index (χ1v) is 6.24. The Labute approximate surface area is 111 Å². The minimum absolute atomic E-state index is 0.0429. The van der Waals surface area contributed by atoms with E-state index in [-0.39, 0.29) is 23.3 Å². The van der Waals surface area contributed by atoms with E-state index in [1.165, 1.54) is 12.1 Å². The summed E-state index contributed by atoms with van der Waals surface area (Å²) in [6.07, 6.45) is 1.79. The van der Waals surface area contributed by atoms with Crippen LogP contribution in [0.5, 0.6) is 0 Å². The van der Waals surface area contributed by atoms with E-state index >= 15 is 0 Å². The third-order valence-corrected chi connectivity index (χ3v) is 3.45. The lowest BCUT2D eigenvalue weighted by atomic mass is 10.1. The average molecular weight is 267 g/mol. The first kappa shape index (κ1) is 13.8. The molecule has 6 heteroatoms. The minimum Gasteiger partial charge on any atom is -0.381 e. The number of benzene rings is 1. The smallest absolute Gasteiger partial charge is 0.256 e. The zero-order valence-corrected chi connectivity index (χ0v) is 10.9. The van der Waals surface area contributed by atoms with Gasteiger partial charge in [-0.2, -0.15) is 0 Å². The standard InChI is InChI=1S/C13H18FN3O2/c1-19-9-5-7-17(8-6-9)13(18)10-3-2-4-11(14)12(10)16-15/h2-4,9,16H,5-8,15H2,1H3. The second-order valence-electron chi connectivity index (χ2n) is 4.53. The number of hydrogen-bond acceptors (Lipinski definition) is 4. The molecule has 1 aliphatic heterocycles. The number of piperidine rings is 1. The van der Waals surface area contributed by atoms with Gasteiger partial charge in [0.15, 0.2) is 0 Å². The van der Waals surface area contributed by atoms with Crippen molar-refractivity contribution in [2.75, 3.05) is 25.6 Å². The fourth-order valence-electron chi connectivity index (χ4n) is 2.31. The van der Waals surface area contributed by atoms with Crippen LogP contribution in [0.25, 0.3) is 0 Å². The number of carbonyl (C=O) groups is 1. The van der Waals surface area contributed by atoms with E-state index in [0.717, 1.165) is 12.8 Å². The van der Waals surface area contributed by atoms with E-state index in [1.54, 1.807) is 18.1 Å². The first-order valence-electron chi connectivity index (χ1n) is 6.24. The fraction of sp³-hybridized carbons (Fsp3) is 0.462. The lowest BCUT2D eigenvalue weighted by molar-refractivity contribution is 0.0351. The van der Waals surface area contributed by atoms with Crippen LogP contribution in [0.2, 0.25) is 0 Å². The number of carbonyl (C=O) groups excluding carboxylic acids is 1. The summed E-state index contributed by atoms with van der Waals surface area (Å²) in [4.78, 5) is 14.0. The van der Waals surface area contributed by atoms with Gasteiger partial charge in [-0.3, -0.25) is 10.6 Å². The van der Waals surface area contributed by atoms with Crippen LogP contribution in [0, 0.1) is 5.82 Å². The maximum atomic E-state index is 13.6. The number of hydrogen-bond donors (Lipinski definition) is 2. The molecule has 0 aliphatic carbocycles. The molecule has 5 nitrogen and oxygen atoms in total. The molecule has 1 aromatic rings. The topological polar surface area (TPSA) is 67.6 Å². The van der Waals surface area contributed by atoms with Crippen molar-refractivity contribution in [1.29, 1.82) is 0 Å². The molecule has 19 heavy (non-hydrogen) atoms. The van der Waals surface area contributed by atoms with Gasteiger partial charge in [-0.1, -0.05) is 6.07 Å². The number of rotatable bonds is 3. The van der Waals surface area contributed by atoms with E-state index in [0.29, 0.717) is 13.1 Å². The highest BCUT2D eigenvalue weighted by molar-refractivity contribution is 5.99. The van der Waals surface area contributed by atoms with E-state index < -0.39 is 5.82 Å². The van der Waals surface area contributed by atoms with Crippen LogP contribution in [0.4, 0.5) is 10.1 Å². The van der Waals surface area contributed by atoms with Crippen LogP contribution in [0.3, 0.4) is 0 Å². The largest absolute Gasteiger partial charge is 0.381 e. The highest BCUT2D eigenvalue weighted by Crippen LogP contribution is 2.22. The summed E-state index contributed by atoms with van der Waals surface area (Å²) in [7, 11) is 1.67. The monoisotopic (exact) mass is 267 g/mol. The fourth-order valence-corrected chi connectivity index (χ4v) is 2.31. The molecule has 1 aliphatic rings. The normalized spacial score (nSPS) is 16.5. The average Bonchev–Trinajstić information content (AvgIpc) is 2.46. The Balaban J connectivity index is 2.14. The summed E-state index contributed by atoms with van der Waals surface area (Å²) >= 11 is 0. The van der Waals surface area contributed by atoms with Crippen LogP contribution >= 0.6 is 0 Å². The molecule has 0 atom stereocenters. The lowest BCUT2D eigenvalue weighted by Gasteiger charge is -2.31. The van der Waals surface area contributed by atoms with Crippen LogP contribution in [-0.2, 0) is 4.74 Å². The number of halogens is 1. The lowest BCUT2D eigenvalue weighted by Crippen LogP contribution is -2.41. The van der Waals surface area contributed by atoms with Crippen molar-refractivity contribution < 1.29 is 13.9 Å². The predicted octanol–water partition coefficient (Wildman–Crippen LogP) is 1.36. The number of likely N-dealkylation sites (tertiary alicyclic amines) is 1. The number of nitrogens with one attached hydrogen (secondary N) is 1. The molecule has 1 amide bonds. The first-order chi connectivity index (χ1) is 9.17. The van der Waals surface area contributed by atoms with Gasteiger partial charge >= 0.3 is 0 Å². The molecule has 0 unspecified atom stereocenters. The Morgan fingerprint density at radius 2 is 2.16 bits per heavy atom. The van der Waals surface area contributed by atoms with Crippen LogP contribution in [-0.4, -0.2) is 37.1 Å². The Morgan fingerprint density at radius 1 is 1.47 bits per heavy atom. The molecule has 1 fully saturated rings. The number of para-hydroxylation sites is 1. The van der Waals surface area contributed by atoms with Crippen molar-refractivity contribution in [3.05, 3.63) is 29.6 Å². The number of nitrogen functional groups attached to an aromatic ring is 1. The highest BCUT2D eigenvalue weighted by Gasteiger charge is 2.25. The van der Waals surface area contributed by atoms with Gasteiger partial charge in [0.25, 0.3) is 5.91 Å². The molecule has 2 rings (SSSR count). The number of hydrazine groups is 1. The molecule has 1 aromatic carbocycles. The van der Waals surface area contributed by atoms with Crippen molar-refractivity contribution in [2.24, 2.45) is 5.84 Å². The summed E-state index contributed by atoms with van der Waals surface area (Å²) in [6, 6.07) is 4.34. The zero-order valence-electron chi connectivity index (χ0n) is 10.9. The molecule has 1 heterocycles. The van der Waals surface area contributed by atoms with Crippen molar-refractivity contribution in [2.45, 2.75) is 18.9 Å². The van der Waals surface area contributed by atoms with E-state index in [4.69, 9.17) is 10.6 Å². The quantitative estimate of drug-likeness (QED) is 0.641. The van der Waals surface area contributed by atoms with Gasteiger partial charge in [-0.05, 0) is 25.0 Å². The summed E-state index contributed by atoms with van der Waals surface area (Å²) in [5, 5.41) is 0. The van der Waals surface area contributed by atoms with Gasteiger partial charge in [0.05, 0.1) is 17.4 Å². The minimum atomic E-state index is -0.528. The predicted molar refractivity (Wildman–Crippen MR) is 70.1 cm³/mol. The Morgan fingerprint density at radius 3 is 2.74 bits per heavy atom. The summed E-state index contributed by atoms with van der Waals surface area (Å²) in [5.74, 6) is 4.55. The molecule has 1 saturated heterocycles. The number of amides is 1. The number of anilines is 1. The van der Waals surface area contributed by atoms with Gasteiger partial charge in [-0.25, -0.2) is 4.39 Å². The molecular weight excluding hydrogens is 249 g/mol. The highest BCUT2D eigenvalue weighted by atomic mass is 19.1. The van der Waals surface area contributed by atoms with Gasteiger partial charge in [0.2, 0.25) is 0 Å². The molecule has 0 bridgehead atoms. The van der Waals surface area contributed by atoms with E-state index in [9.17, 15) is 9.18 Å². The maximum absolute atomic E-state index is 13.6. The van der Waals surface area contributed by atoms with Gasteiger partial charge in [0.1, 0.15) is 5.82 Å². The van der Waals surface area contributed by atoms with Crippen molar-refractivity contribution in [3.63, 3.8) is 0 Å². The molecule has 104 valence electrons. The summed E-state index contributed by atoms with van der Waals surface area (Å²) < 4.78 is 18.8. The van der Waals surface area contributed by atoms with Crippen molar-refractivity contribution in [3.8, 4) is 0 Å². The second kappa shape index (κ2) is 5.99. The van der Waals surface area contributed by atoms with Gasteiger partial charge < -0.3 is 15.1 Å². The number of nitrogens with zero attached hydrogens (tertiary/aromatic N) is 1. The van der Waals surface area contributed by atoms with E-state index in [2.05, 4.69) is 5.43 Å². The van der Waals surface area contributed by atoms with Crippen molar-refractivity contribution in [1.82, 2.24) is 4.90 Å². The molecule has 0 radical (unpaired) electrons. The van der Waals surface area contributed by atoms with Gasteiger partial charge in [-0.15, -0.1) is 0 Å². The van der Waals surface area contributed by atoms with Gasteiger partial charge in [0, 0.05) is 20.2 Å². The third kappa shape index (κ3) is 2.85. The number of nitrogens with two attached hydrogens (primary N) is 1. The molecule has 0 saturated carbocycles. The van der Waals surface area contributed by atoms with Crippen LogP contribution < -0.4 is 11.3 Å². The SMILES string of the molecule is COC1CCN(C(=O)c2cccc(F)c2NN)CC1.